The maximum Gasteiger partial charge on any atom is 0.303 e. The van der Waals surface area contributed by atoms with Gasteiger partial charge in [0.15, 0.2) is 24.8 Å². The van der Waals surface area contributed by atoms with Crippen LogP contribution in [0.3, 0.4) is 0 Å². The molecular formula is C54H61NO13. The monoisotopic (exact) mass is 931 g/mol. The molecule has 0 N–H and O–H groups in total. The van der Waals surface area contributed by atoms with Gasteiger partial charge in [-0.2, -0.15) is 0 Å². The van der Waals surface area contributed by atoms with Gasteiger partial charge in [-0.1, -0.05) is 152 Å². The third kappa shape index (κ3) is 14.4. The number of carbonyl (C=O) groups excluding carboxylic acids is 3. The van der Waals surface area contributed by atoms with Crippen LogP contribution in [0.15, 0.2) is 152 Å². The molecule has 5 aromatic rings. The van der Waals surface area contributed by atoms with E-state index in [2.05, 4.69) is 4.90 Å². The Kier molecular flexibility index (Phi) is 18.8. The summed E-state index contributed by atoms with van der Waals surface area (Å²) >= 11 is 0. The molecule has 0 radical (unpaired) electrons. The largest absolute Gasteiger partial charge is 0.463 e. The van der Waals surface area contributed by atoms with E-state index in [1.165, 1.54) is 20.8 Å². The van der Waals surface area contributed by atoms with E-state index in [0.29, 0.717) is 13.1 Å². The first-order chi connectivity index (χ1) is 33.1. The highest BCUT2D eigenvalue weighted by Gasteiger charge is 2.54. The number of hydrogen-bond acceptors (Lipinski definition) is 14. The van der Waals surface area contributed by atoms with Crippen LogP contribution in [0.4, 0.5) is 0 Å². The number of carbonyl (C=O) groups is 3. The molecule has 2 fully saturated rings. The van der Waals surface area contributed by atoms with Crippen LogP contribution in [0.2, 0.25) is 0 Å². The molecule has 2 aliphatic heterocycles. The van der Waals surface area contributed by atoms with Crippen molar-refractivity contribution < 1.29 is 61.8 Å². The van der Waals surface area contributed by atoms with Gasteiger partial charge in [0.1, 0.15) is 43.2 Å². The highest BCUT2D eigenvalue weighted by atomic mass is 16.7. The summed E-state index contributed by atoms with van der Waals surface area (Å²) in [7, 11) is 1.55. The molecule has 0 spiro atoms. The minimum Gasteiger partial charge on any atom is -0.463 e. The van der Waals surface area contributed by atoms with Crippen molar-refractivity contribution in [3.63, 3.8) is 0 Å². The quantitative estimate of drug-likeness (QED) is 0.0503. The zero-order chi connectivity index (χ0) is 47.7. The predicted molar refractivity (Wildman–Crippen MR) is 249 cm³/mol. The molecule has 2 aliphatic rings. The first-order valence-electron chi connectivity index (χ1n) is 22.9. The molecule has 0 bridgehead atoms. The summed E-state index contributed by atoms with van der Waals surface area (Å²) in [6.45, 7) is 4.67. The summed E-state index contributed by atoms with van der Waals surface area (Å²) in [6, 6.07) is 48.1. The highest BCUT2D eigenvalue weighted by molar-refractivity contribution is 5.68. The van der Waals surface area contributed by atoms with E-state index >= 15 is 0 Å². The van der Waals surface area contributed by atoms with Crippen LogP contribution in [0, 0.1) is 0 Å². The van der Waals surface area contributed by atoms with Crippen LogP contribution in [0.1, 0.15) is 48.6 Å². The van der Waals surface area contributed by atoms with E-state index in [4.69, 9.17) is 47.4 Å². The molecule has 68 heavy (non-hydrogen) atoms. The summed E-state index contributed by atoms with van der Waals surface area (Å²) in [5.74, 6) is -1.86. The van der Waals surface area contributed by atoms with E-state index in [1.54, 1.807) is 7.11 Å². The standard InChI is InChI=1S/C54H61NO13/c1-37(56)60-35-46-49(65-38(2)57)50(66-39(3)58)47(55(30-40-20-10-5-11-21-40)31-41-22-12-6-13-23-41)53(67-46)64-36-45-48(61-32-42-24-14-7-15-25-42)51(62-33-43-26-16-8-17-27-43)52(54(59-4)68-45)63-34-44-28-18-9-19-29-44/h5-29,45-54H,30-36H2,1-4H3/t45-,46-,47-,48-,49-,50-,51+,52-,53-,54+/m1/s1. The molecule has 0 aromatic heterocycles. The van der Waals surface area contributed by atoms with E-state index in [-0.39, 0.29) is 33.0 Å². The molecule has 0 aliphatic carbocycles. The second-order valence-corrected chi connectivity index (χ2v) is 16.8. The average Bonchev–Trinajstić information content (AvgIpc) is 3.35. The van der Waals surface area contributed by atoms with Gasteiger partial charge < -0.3 is 47.4 Å². The zero-order valence-corrected chi connectivity index (χ0v) is 38.9. The van der Waals surface area contributed by atoms with Crippen molar-refractivity contribution in [1.29, 1.82) is 0 Å². The average molecular weight is 932 g/mol. The lowest BCUT2D eigenvalue weighted by Crippen LogP contribution is -2.67. The Morgan fingerprint density at radius 2 is 0.838 bits per heavy atom. The number of benzene rings is 5. The number of ether oxygens (including phenoxy) is 10. The van der Waals surface area contributed by atoms with E-state index in [9.17, 15) is 14.4 Å². The topological polar surface area (TPSA) is 147 Å². The molecule has 5 aromatic carbocycles. The van der Waals surface area contributed by atoms with Gasteiger partial charge in [-0.05, 0) is 27.8 Å². The smallest absolute Gasteiger partial charge is 0.303 e. The molecular weight excluding hydrogens is 871 g/mol. The number of nitrogens with zero attached hydrogens (tertiary/aromatic N) is 1. The molecule has 14 nitrogen and oxygen atoms in total. The van der Waals surface area contributed by atoms with Gasteiger partial charge in [0.05, 0.1) is 26.4 Å². The van der Waals surface area contributed by atoms with Crippen molar-refractivity contribution >= 4 is 17.9 Å². The van der Waals surface area contributed by atoms with Gasteiger partial charge in [-0.25, -0.2) is 0 Å². The number of esters is 3. The van der Waals surface area contributed by atoms with E-state index < -0.39 is 79.3 Å². The Bertz CT molecular complexity index is 2230. The minimum atomic E-state index is -1.21. The summed E-state index contributed by atoms with van der Waals surface area (Å²) in [4.78, 5) is 40.4. The summed E-state index contributed by atoms with van der Waals surface area (Å²) in [5, 5.41) is 0. The fourth-order valence-corrected chi connectivity index (χ4v) is 8.57. The van der Waals surface area contributed by atoms with Gasteiger partial charge in [-0.15, -0.1) is 0 Å². The van der Waals surface area contributed by atoms with Crippen molar-refractivity contribution in [2.24, 2.45) is 0 Å². The normalized spacial score (nSPS) is 24.8. The lowest BCUT2D eigenvalue weighted by molar-refractivity contribution is -0.338. The maximum atomic E-state index is 13.2. The van der Waals surface area contributed by atoms with Gasteiger partial charge in [0, 0.05) is 41.0 Å². The van der Waals surface area contributed by atoms with E-state index in [1.807, 2.05) is 152 Å². The van der Waals surface area contributed by atoms with Gasteiger partial charge in [0.2, 0.25) is 0 Å². The third-order valence-electron chi connectivity index (χ3n) is 11.7. The summed E-state index contributed by atoms with van der Waals surface area (Å²) in [5.41, 5.74) is 4.71. The highest BCUT2D eigenvalue weighted by Crippen LogP contribution is 2.36. The molecule has 2 saturated heterocycles. The molecule has 360 valence electrons. The maximum absolute atomic E-state index is 13.2. The third-order valence-corrected chi connectivity index (χ3v) is 11.7. The first kappa shape index (κ1) is 50.1. The van der Waals surface area contributed by atoms with Gasteiger partial charge >= 0.3 is 17.9 Å². The predicted octanol–water partition coefficient (Wildman–Crippen LogP) is 7.35. The van der Waals surface area contributed by atoms with Crippen molar-refractivity contribution in [1.82, 2.24) is 4.90 Å². The van der Waals surface area contributed by atoms with Crippen molar-refractivity contribution in [2.45, 2.75) is 115 Å². The molecule has 7 rings (SSSR count). The first-order valence-corrected chi connectivity index (χ1v) is 22.9. The van der Waals surface area contributed by atoms with Crippen molar-refractivity contribution in [3.05, 3.63) is 179 Å². The second-order valence-electron chi connectivity index (χ2n) is 16.8. The van der Waals surface area contributed by atoms with Crippen LogP contribution in [0.5, 0.6) is 0 Å². The van der Waals surface area contributed by atoms with Crippen LogP contribution < -0.4 is 0 Å². The van der Waals surface area contributed by atoms with Gasteiger partial charge in [0.25, 0.3) is 0 Å². The molecule has 0 saturated carbocycles. The van der Waals surface area contributed by atoms with Crippen molar-refractivity contribution in [3.8, 4) is 0 Å². The molecule has 10 atom stereocenters. The zero-order valence-electron chi connectivity index (χ0n) is 38.9. The minimum absolute atomic E-state index is 0.160. The Morgan fingerprint density at radius 3 is 1.28 bits per heavy atom. The Hall–Kier alpha value is -5.81. The molecule has 0 amide bonds. The SMILES string of the molecule is CO[C@H]1O[C@H](CO[C@@H]2O[C@H](COC(C)=O)[C@@H](OC(C)=O)[C@H](OC(C)=O)[C@H]2N(Cc2ccccc2)Cc2ccccc2)[C@@H](OCc2ccccc2)[C@H](OCc2ccccc2)[C@H]1OCc1ccccc1. The Morgan fingerprint density at radius 1 is 0.441 bits per heavy atom. The van der Waals surface area contributed by atoms with Crippen molar-refractivity contribution in [2.75, 3.05) is 20.3 Å². The fraction of sp³-hybridized carbons (Fsp3) is 0.389. The van der Waals surface area contributed by atoms with Crippen LogP contribution in [0.25, 0.3) is 0 Å². The Labute approximate surface area is 398 Å². The Balaban J connectivity index is 1.28. The lowest BCUT2D eigenvalue weighted by Gasteiger charge is -2.49. The van der Waals surface area contributed by atoms with Gasteiger partial charge in [-0.3, -0.25) is 19.3 Å². The summed E-state index contributed by atoms with van der Waals surface area (Å²) < 4.78 is 64.5. The molecule has 2 heterocycles. The lowest BCUT2D eigenvalue weighted by atomic mass is 9.93. The fourth-order valence-electron chi connectivity index (χ4n) is 8.57. The summed E-state index contributed by atoms with van der Waals surface area (Å²) in [6.07, 6.45) is -8.87. The number of methoxy groups -OCH3 is 1. The molecule has 14 heteroatoms. The van der Waals surface area contributed by atoms with Crippen LogP contribution in [-0.4, -0.2) is 104 Å². The van der Waals surface area contributed by atoms with E-state index in [0.717, 1.165) is 27.8 Å². The van der Waals surface area contributed by atoms with Crippen LogP contribution >= 0.6 is 0 Å². The molecule has 0 unspecified atom stereocenters. The number of rotatable bonds is 22. The second kappa shape index (κ2) is 25.5. The number of hydrogen-bond donors (Lipinski definition) is 0. The van der Waals surface area contributed by atoms with Crippen LogP contribution in [-0.2, 0) is 94.7 Å².